The number of hydrogen-bond donors (Lipinski definition) is 1. The highest BCUT2D eigenvalue weighted by Crippen LogP contribution is 2.15. The van der Waals surface area contributed by atoms with Crippen molar-refractivity contribution >= 4 is 30.7 Å². The molecule has 1 heterocycles. The van der Waals surface area contributed by atoms with Crippen molar-refractivity contribution in [1.82, 2.24) is 9.80 Å². The SMILES string of the molecule is CCOc1ccc(CN2CCN(C(=O)CCCCCCN)CC2)cc1.Cl.Cl. The van der Waals surface area contributed by atoms with Crippen molar-refractivity contribution < 1.29 is 9.53 Å². The van der Waals surface area contributed by atoms with Crippen LogP contribution < -0.4 is 10.5 Å². The molecule has 2 rings (SSSR count). The van der Waals surface area contributed by atoms with Crippen LogP contribution in [0, 0.1) is 0 Å². The van der Waals surface area contributed by atoms with Crippen LogP contribution in [0.2, 0.25) is 0 Å². The van der Waals surface area contributed by atoms with Gasteiger partial charge in [-0.2, -0.15) is 0 Å². The van der Waals surface area contributed by atoms with Gasteiger partial charge in [-0.25, -0.2) is 0 Å². The summed E-state index contributed by atoms with van der Waals surface area (Å²) in [7, 11) is 0. The molecule has 0 bridgehead atoms. The molecule has 1 saturated heterocycles. The predicted molar refractivity (Wildman–Crippen MR) is 116 cm³/mol. The lowest BCUT2D eigenvalue weighted by molar-refractivity contribution is -0.133. The summed E-state index contributed by atoms with van der Waals surface area (Å²) in [4.78, 5) is 16.7. The molecule has 1 aliphatic heterocycles. The average molecular weight is 420 g/mol. The van der Waals surface area contributed by atoms with Crippen LogP contribution in [0.15, 0.2) is 24.3 Å². The summed E-state index contributed by atoms with van der Waals surface area (Å²) in [5.74, 6) is 1.24. The Labute approximate surface area is 176 Å². The lowest BCUT2D eigenvalue weighted by Crippen LogP contribution is -2.48. The van der Waals surface area contributed by atoms with E-state index in [1.807, 2.05) is 24.0 Å². The van der Waals surface area contributed by atoms with Gasteiger partial charge in [0.15, 0.2) is 0 Å². The van der Waals surface area contributed by atoms with Gasteiger partial charge < -0.3 is 15.4 Å². The first-order chi connectivity index (χ1) is 12.2. The molecule has 1 amide bonds. The highest BCUT2D eigenvalue weighted by atomic mass is 35.5. The van der Waals surface area contributed by atoms with E-state index in [0.29, 0.717) is 18.9 Å². The van der Waals surface area contributed by atoms with Gasteiger partial charge in [0.2, 0.25) is 5.91 Å². The topological polar surface area (TPSA) is 58.8 Å². The Balaban J connectivity index is 0.00000338. The second-order valence-corrected chi connectivity index (χ2v) is 6.69. The van der Waals surface area contributed by atoms with Crippen LogP contribution in [0.3, 0.4) is 0 Å². The van der Waals surface area contributed by atoms with E-state index in [0.717, 1.165) is 70.7 Å². The first-order valence-corrected chi connectivity index (χ1v) is 9.65. The lowest BCUT2D eigenvalue weighted by atomic mass is 10.1. The predicted octanol–water partition coefficient (Wildman–Crippen LogP) is 3.48. The van der Waals surface area contributed by atoms with Crippen molar-refractivity contribution in [2.75, 3.05) is 39.3 Å². The third kappa shape index (κ3) is 9.65. The van der Waals surface area contributed by atoms with Crippen LogP contribution >= 0.6 is 24.8 Å². The Morgan fingerprint density at radius 1 is 1.00 bits per heavy atom. The van der Waals surface area contributed by atoms with Crippen LogP contribution in [0.25, 0.3) is 0 Å². The van der Waals surface area contributed by atoms with Crippen LogP contribution in [-0.4, -0.2) is 55.0 Å². The fourth-order valence-corrected chi connectivity index (χ4v) is 3.20. The number of halogens is 2. The minimum atomic E-state index is 0. The molecule has 0 unspecified atom stereocenters. The number of carbonyl (C=O) groups excluding carboxylic acids is 1. The molecule has 1 aliphatic rings. The number of ether oxygens (including phenoxy) is 1. The molecule has 0 aliphatic carbocycles. The Bertz CT molecular complexity index is 506. The number of unbranched alkanes of at least 4 members (excludes halogenated alkanes) is 3. The van der Waals surface area contributed by atoms with E-state index in [-0.39, 0.29) is 24.8 Å². The van der Waals surface area contributed by atoms with Gasteiger partial charge in [-0.15, -0.1) is 24.8 Å². The first-order valence-electron chi connectivity index (χ1n) is 9.65. The molecule has 156 valence electrons. The third-order valence-electron chi connectivity index (χ3n) is 4.71. The molecular weight excluding hydrogens is 385 g/mol. The molecule has 0 saturated carbocycles. The summed E-state index contributed by atoms with van der Waals surface area (Å²) in [6.07, 6.45) is 4.99. The number of carbonyl (C=O) groups is 1. The monoisotopic (exact) mass is 419 g/mol. The van der Waals surface area contributed by atoms with E-state index in [2.05, 4.69) is 17.0 Å². The van der Waals surface area contributed by atoms with Gasteiger partial charge in [0, 0.05) is 39.1 Å². The van der Waals surface area contributed by atoms with E-state index >= 15 is 0 Å². The minimum Gasteiger partial charge on any atom is -0.494 e. The van der Waals surface area contributed by atoms with Crippen LogP contribution in [0.5, 0.6) is 5.75 Å². The van der Waals surface area contributed by atoms with Crippen molar-refractivity contribution in [2.45, 2.75) is 45.6 Å². The van der Waals surface area contributed by atoms with E-state index in [4.69, 9.17) is 10.5 Å². The molecule has 0 aromatic heterocycles. The van der Waals surface area contributed by atoms with Crippen molar-refractivity contribution in [3.8, 4) is 5.75 Å². The molecule has 27 heavy (non-hydrogen) atoms. The van der Waals surface area contributed by atoms with Crippen molar-refractivity contribution in [3.05, 3.63) is 29.8 Å². The Kier molecular flexibility index (Phi) is 14.4. The standard InChI is InChI=1S/C20H33N3O2.2ClH/c1-2-25-19-10-8-18(9-11-19)17-22-13-15-23(16-14-22)20(24)7-5-3-4-6-12-21;;/h8-11H,2-7,12-17,21H2,1H3;2*1H. The number of nitrogens with two attached hydrogens (primary N) is 1. The number of rotatable bonds is 10. The molecule has 1 aromatic rings. The maximum absolute atomic E-state index is 12.3. The molecule has 1 fully saturated rings. The van der Waals surface area contributed by atoms with E-state index < -0.39 is 0 Å². The van der Waals surface area contributed by atoms with Gasteiger partial charge in [0.25, 0.3) is 0 Å². The zero-order valence-electron chi connectivity index (χ0n) is 16.4. The van der Waals surface area contributed by atoms with Gasteiger partial charge in [0.05, 0.1) is 6.61 Å². The first kappa shape index (κ1) is 26.0. The lowest BCUT2D eigenvalue weighted by Gasteiger charge is -2.34. The largest absolute Gasteiger partial charge is 0.494 e. The van der Waals surface area contributed by atoms with Gasteiger partial charge in [-0.3, -0.25) is 9.69 Å². The zero-order valence-corrected chi connectivity index (χ0v) is 18.0. The summed E-state index contributed by atoms with van der Waals surface area (Å²) in [5, 5.41) is 0. The van der Waals surface area contributed by atoms with Crippen LogP contribution in [0.4, 0.5) is 0 Å². The maximum Gasteiger partial charge on any atom is 0.222 e. The highest BCUT2D eigenvalue weighted by molar-refractivity contribution is 5.85. The van der Waals surface area contributed by atoms with Crippen molar-refractivity contribution in [1.29, 1.82) is 0 Å². The van der Waals surface area contributed by atoms with Crippen LogP contribution in [0.1, 0.15) is 44.6 Å². The molecule has 2 N–H and O–H groups in total. The zero-order chi connectivity index (χ0) is 17.9. The number of hydrogen-bond acceptors (Lipinski definition) is 4. The fraction of sp³-hybridized carbons (Fsp3) is 0.650. The van der Waals surface area contributed by atoms with Crippen molar-refractivity contribution in [2.24, 2.45) is 5.73 Å². The number of nitrogens with zero attached hydrogens (tertiary/aromatic N) is 2. The molecule has 7 heteroatoms. The van der Waals surface area contributed by atoms with E-state index in [9.17, 15) is 4.79 Å². The summed E-state index contributed by atoms with van der Waals surface area (Å²) >= 11 is 0. The second-order valence-electron chi connectivity index (χ2n) is 6.69. The normalized spacial score (nSPS) is 14.2. The molecule has 1 aromatic carbocycles. The molecular formula is C20H35Cl2N3O2. The van der Waals surface area contributed by atoms with E-state index in [1.54, 1.807) is 0 Å². The average Bonchev–Trinajstić information content (AvgIpc) is 2.64. The van der Waals surface area contributed by atoms with Gasteiger partial charge in [0.1, 0.15) is 5.75 Å². The maximum atomic E-state index is 12.3. The summed E-state index contributed by atoms with van der Waals surface area (Å²) in [6, 6.07) is 8.32. The van der Waals surface area contributed by atoms with Crippen molar-refractivity contribution in [3.63, 3.8) is 0 Å². The highest BCUT2D eigenvalue weighted by Gasteiger charge is 2.20. The summed E-state index contributed by atoms with van der Waals surface area (Å²) in [6.45, 7) is 7.98. The van der Waals surface area contributed by atoms with Gasteiger partial charge >= 0.3 is 0 Å². The molecule has 0 radical (unpaired) electrons. The Morgan fingerprint density at radius 2 is 1.63 bits per heavy atom. The second kappa shape index (κ2) is 15.0. The number of amides is 1. The smallest absolute Gasteiger partial charge is 0.222 e. The number of piperazine rings is 1. The summed E-state index contributed by atoms with van der Waals surface area (Å²) in [5.41, 5.74) is 6.79. The van der Waals surface area contributed by atoms with Gasteiger partial charge in [-0.1, -0.05) is 25.0 Å². The molecule has 5 nitrogen and oxygen atoms in total. The van der Waals surface area contributed by atoms with E-state index in [1.165, 1.54) is 5.56 Å². The quantitative estimate of drug-likeness (QED) is 0.589. The minimum absolute atomic E-state index is 0. The molecule has 0 atom stereocenters. The third-order valence-corrected chi connectivity index (χ3v) is 4.71. The molecule has 0 spiro atoms. The number of benzene rings is 1. The van der Waals surface area contributed by atoms with Crippen LogP contribution in [-0.2, 0) is 11.3 Å². The van der Waals surface area contributed by atoms with Gasteiger partial charge in [-0.05, 0) is 44.0 Å². The fourth-order valence-electron chi connectivity index (χ4n) is 3.20. The summed E-state index contributed by atoms with van der Waals surface area (Å²) < 4.78 is 5.48. The Morgan fingerprint density at radius 3 is 2.22 bits per heavy atom. The Hall–Kier alpha value is -1.01.